The average molecular weight is 559 g/mol. The van der Waals surface area contributed by atoms with Crippen LogP contribution in [0, 0.1) is 17.8 Å². The summed E-state index contributed by atoms with van der Waals surface area (Å²) in [5, 5.41) is 11.2. The summed E-state index contributed by atoms with van der Waals surface area (Å²) in [6.45, 7) is 14.8. The van der Waals surface area contributed by atoms with Crippen molar-refractivity contribution in [3.05, 3.63) is 42.0 Å². The maximum Gasteiger partial charge on any atom is 0.184 e. The Morgan fingerprint density at radius 3 is 2.35 bits per heavy atom. The zero-order valence-corrected chi connectivity index (χ0v) is 25.6. The largest absolute Gasteiger partial charge is 0.497 e. The number of methoxy groups -OCH3 is 1. The molecule has 3 aliphatic heterocycles. The van der Waals surface area contributed by atoms with Crippen molar-refractivity contribution in [3.8, 4) is 5.75 Å². The topological polar surface area (TPSA) is 78.9 Å². The van der Waals surface area contributed by atoms with Crippen molar-refractivity contribution >= 4 is 0 Å². The van der Waals surface area contributed by atoms with E-state index in [1.807, 2.05) is 57.2 Å². The van der Waals surface area contributed by atoms with Crippen molar-refractivity contribution in [2.75, 3.05) is 7.11 Å². The van der Waals surface area contributed by atoms with Crippen LogP contribution >= 0.6 is 0 Å². The Labute approximate surface area is 240 Å². The molecule has 3 heterocycles. The summed E-state index contributed by atoms with van der Waals surface area (Å²) >= 11 is 0. The summed E-state index contributed by atoms with van der Waals surface area (Å²) in [5.41, 5.74) is -0.317. The van der Waals surface area contributed by atoms with Gasteiger partial charge in [-0.3, -0.25) is 0 Å². The van der Waals surface area contributed by atoms with E-state index in [4.69, 9.17) is 28.4 Å². The average Bonchev–Trinajstić information content (AvgIpc) is 3.30. The van der Waals surface area contributed by atoms with Crippen LogP contribution in [0.15, 0.2) is 36.4 Å². The molecule has 1 saturated carbocycles. The predicted octanol–water partition coefficient (Wildman–Crippen LogP) is 6.34. The molecule has 0 unspecified atom stereocenters. The molecule has 11 atom stereocenters. The molecule has 1 aromatic carbocycles. The first kappa shape index (κ1) is 30.0. The smallest absolute Gasteiger partial charge is 0.184 e. The van der Waals surface area contributed by atoms with Gasteiger partial charge in [0.1, 0.15) is 17.0 Å². The Morgan fingerprint density at radius 1 is 1.07 bits per heavy atom. The van der Waals surface area contributed by atoms with Crippen molar-refractivity contribution in [1.29, 1.82) is 0 Å². The highest BCUT2D eigenvalue weighted by atomic mass is 16.8. The SMILES string of the molecule is C/C=C/[C@H](C)[C@@H](O)[C@@]1(C)O[C@H]1[C@@H](C)[C@@H]1O[C@@H](c2ccc(OC)cc2)O[C@@H]([C@]2(C)OC3(CCCC3)O[C@@H]2CC)[C@H]1C. The monoisotopic (exact) mass is 558 g/mol. The van der Waals surface area contributed by atoms with Crippen molar-refractivity contribution in [3.63, 3.8) is 0 Å². The highest BCUT2D eigenvalue weighted by Gasteiger charge is 2.65. The maximum atomic E-state index is 11.2. The van der Waals surface area contributed by atoms with Crippen LogP contribution < -0.4 is 4.74 Å². The van der Waals surface area contributed by atoms with Gasteiger partial charge in [-0.05, 0) is 52.2 Å². The van der Waals surface area contributed by atoms with E-state index in [0.29, 0.717) is 0 Å². The van der Waals surface area contributed by atoms with E-state index in [1.54, 1.807) is 7.11 Å². The first-order valence-electron chi connectivity index (χ1n) is 15.3. The molecule has 0 aromatic heterocycles. The van der Waals surface area contributed by atoms with Gasteiger partial charge in [0.2, 0.25) is 0 Å². The number of epoxide rings is 1. The predicted molar refractivity (Wildman–Crippen MR) is 153 cm³/mol. The first-order chi connectivity index (χ1) is 19.0. The fourth-order valence-corrected chi connectivity index (χ4v) is 7.85. The van der Waals surface area contributed by atoms with E-state index in [9.17, 15) is 5.11 Å². The molecule has 1 N–H and O–H groups in total. The van der Waals surface area contributed by atoms with Crippen LogP contribution in [-0.2, 0) is 23.7 Å². The van der Waals surface area contributed by atoms with Crippen molar-refractivity contribution in [2.45, 2.75) is 134 Å². The zero-order chi connectivity index (χ0) is 28.9. The highest BCUT2D eigenvalue weighted by molar-refractivity contribution is 5.28. The Kier molecular flexibility index (Phi) is 8.48. The molecular weight excluding hydrogens is 508 g/mol. The highest BCUT2D eigenvalue weighted by Crippen LogP contribution is 2.55. The van der Waals surface area contributed by atoms with E-state index in [0.717, 1.165) is 43.4 Å². The molecule has 0 radical (unpaired) electrons. The number of aliphatic hydroxyl groups excluding tert-OH is 1. The summed E-state index contributed by atoms with van der Waals surface area (Å²) in [6.07, 6.45) is 7.13. The quantitative estimate of drug-likeness (QED) is 0.280. The van der Waals surface area contributed by atoms with Gasteiger partial charge in [-0.25, -0.2) is 0 Å². The van der Waals surface area contributed by atoms with Gasteiger partial charge in [0.25, 0.3) is 0 Å². The Balaban J connectivity index is 1.45. The molecule has 1 aliphatic carbocycles. The number of hydrogen-bond acceptors (Lipinski definition) is 7. The van der Waals surface area contributed by atoms with Crippen LogP contribution in [0.3, 0.4) is 0 Å². The number of hydrogen-bond donors (Lipinski definition) is 1. The van der Waals surface area contributed by atoms with Gasteiger partial charge in [0.15, 0.2) is 12.1 Å². The van der Waals surface area contributed by atoms with Gasteiger partial charge in [-0.1, -0.05) is 52.0 Å². The van der Waals surface area contributed by atoms with Crippen LogP contribution in [0.5, 0.6) is 5.75 Å². The summed E-state index contributed by atoms with van der Waals surface area (Å²) in [4.78, 5) is 0. The normalized spacial score (nSPS) is 41.3. The fourth-order valence-electron chi connectivity index (χ4n) is 7.85. The van der Waals surface area contributed by atoms with E-state index >= 15 is 0 Å². The second-order valence-corrected chi connectivity index (χ2v) is 13.0. The van der Waals surface area contributed by atoms with Crippen molar-refractivity contribution in [2.24, 2.45) is 17.8 Å². The third-order valence-corrected chi connectivity index (χ3v) is 10.1. The third kappa shape index (κ3) is 5.16. The van der Waals surface area contributed by atoms with Crippen molar-refractivity contribution in [1.82, 2.24) is 0 Å². The number of benzene rings is 1. The number of aliphatic hydroxyl groups is 1. The molecule has 4 fully saturated rings. The van der Waals surface area contributed by atoms with Gasteiger partial charge >= 0.3 is 0 Å². The van der Waals surface area contributed by atoms with Gasteiger partial charge in [-0.2, -0.15) is 0 Å². The molecule has 7 nitrogen and oxygen atoms in total. The standard InChI is InChI=1S/C33H50O7/c1-9-13-20(3)27(34)32(7)29(39-32)22(5)26-21(4)28(37-30(36-26)23-14-16-24(35-8)17-15-23)31(6)25(10-2)38-33(40-31)18-11-12-19-33/h9,13-17,20-22,25-30,34H,10-12,18-19H2,1-8H3/b13-9+/t20-,21-,22-,25+,26+,27+,28+,29-,30+,31+,32+/m0/s1. The van der Waals surface area contributed by atoms with Crippen LogP contribution in [0.4, 0.5) is 0 Å². The fraction of sp³-hybridized carbons (Fsp3) is 0.758. The maximum absolute atomic E-state index is 11.2. The van der Waals surface area contributed by atoms with Crippen LogP contribution in [0.2, 0.25) is 0 Å². The molecule has 3 saturated heterocycles. The van der Waals surface area contributed by atoms with E-state index < -0.39 is 29.4 Å². The number of ether oxygens (including phenoxy) is 6. The van der Waals surface area contributed by atoms with Crippen molar-refractivity contribution < 1.29 is 33.5 Å². The molecule has 0 amide bonds. The molecule has 40 heavy (non-hydrogen) atoms. The van der Waals surface area contributed by atoms with Gasteiger partial charge < -0.3 is 33.5 Å². The van der Waals surface area contributed by atoms with Crippen LogP contribution in [0.1, 0.15) is 92.4 Å². The van der Waals surface area contributed by atoms with Gasteiger partial charge in [-0.15, -0.1) is 0 Å². The van der Waals surface area contributed by atoms with Gasteiger partial charge in [0, 0.05) is 36.2 Å². The third-order valence-electron chi connectivity index (χ3n) is 10.1. The summed E-state index contributed by atoms with van der Waals surface area (Å²) < 4.78 is 39.0. The molecule has 7 heteroatoms. The van der Waals surface area contributed by atoms with E-state index in [-0.39, 0.29) is 42.2 Å². The van der Waals surface area contributed by atoms with Crippen LogP contribution in [-0.4, -0.2) is 59.7 Å². The van der Waals surface area contributed by atoms with E-state index in [2.05, 4.69) is 27.7 Å². The molecular formula is C33H50O7. The first-order valence-corrected chi connectivity index (χ1v) is 15.3. The van der Waals surface area contributed by atoms with Gasteiger partial charge in [0.05, 0.1) is 37.6 Å². The lowest BCUT2D eigenvalue weighted by molar-refractivity contribution is -0.320. The second-order valence-electron chi connectivity index (χ2n) is 13.0. The lowest BCUT2D eigenvalue weighted by Gasteiger charge is -2.49. The Bertz CT molecular complexity index is 1040. The minimum absolute atomic E-state index is 0.00209. The Morgan fingerprint density at radius 2 is 1.75 bits per heavy atom. The number of rotatable bonds is 9. The number of allylic oxidation sites excluding steroid dienone is 1. The van der Waals surface area contributed by atoms with E-state index in [1.165, 1.54) is 0 Å². The summed E-state index contributed by atoms with van der Waals surface area (Å²) in [7, 11) is 1.66. The lowest BCUT2D eigenvalue weighted by atomic mass is 9.75. The second kappa shape index (κ2) is 11.3. The Hall–Kier alpha value is -1.48. The molecule has 224 valence electrons. The molecule has 1 spiro atoms. The lowest BCUT2D eigenvalue weighted by Crippen LogP contribution is -2.59. The molecule has 5 rings (SSSR count). The summed E-state index contributed by atoms with van der Waals surface area (Å²) in [6, 6.07) is 7.88. The molecule has 0 bridgehead atoms. The molecule has 4 aliphatic rings. The minimum Gasteiger partial charge on any atom is -0.497 e. The summed E-state index contributed by atoms with van der Waals surface area (Å²) in [5.74, 6) is 0.289. The minimum atomic E-state index is -0.626. The zero-order valence-electron chi connectivity index (χ0n) is 25.6. The van der Waals surface area contributed by atoms with Crippen LogP contribution in [0.25, 0.3) is 0 Å². The molecule has 1 aromatic rings.